The van der Waals surface area contributed by atoms with Crippen LogP contribution in [0.5, 0.6) is 0 Å². The second-order valence-corrected chi connectivity index (χ2v) is 6.94. The lowest BCUT2D eigenvalue weighted by Gasteiger charge is -2.31. The van der Waals surface area contributed by atoms with Gasteiger partial charge in [0.25, 0.3) is 0 Å². The third-order valence-electron chi connectivity index (χ3n) is 4.57. The summed E-state index contributed by atoms with van der Waals surface area (Å²) in [6.45, 7) is 5.07. The lowest BCUT2D eigenvalue weighted by atomic mass is 9.98. The van der Waals surface area contributed by atoms with Crippen LogP contribution in [0.1, 0.15) is 34.8 Å². The Balaban J connectivity index is 2.09. The van der Waals surface area contributed by atoms with Crippen molar-refractivity contribution in [3.63, 3.8) is 0 Å². The van der Waals surface area contributed by atoms with Crippen molar-refractivity contribution in [1.29, 1.82) is 0 Å². The van der Waals surface area contributed by atoms with Crippen LogP contribution in [-0.2, 0) is 6.18 Å². The zero-order valence-corrected chi connectivity index (χ0v) is 15.2. The quantitative estimate of drug-likeness (QED) is 0.848. The number of rotatable bonds is 3. The van der Waals surface area contributed by atoms with Gasteiger partial charge in [-0.1, -0.05) is 17.7 Å². The number of hydrogen-bond donors (Lipinski definition) is 1. The summed E-state index contributed by atoms with van der Waals surface area (Å²) in [7, 11) is 0. The number of aromatic nitrogens is 1. The van der Waals surface area contributed by atoms with Crippen molar-refractivity contribution < 1.29 is 13.2 Å². The molecule has 1 N–H and O–H groups in total. The summed E-state index contributed by atoms with van der Waals surface area (Å²) >= 11 is 6.34. The fraction of sp³-hybridized carbons (Fsp3) is 0.421. The molecule has 0 aliphatic carbocycles. The van der Waals surface area contributed by atoms with Crippen molar-refractivity contribution >= 4 is 11.6 Å². The topological polar surface area (TPSA) is 28.2 Å². The lowest BCUT2D eigenvalue weighted by molar-refractivity contribution is -0.137. The second-order valence-electron chi connectivity index (χ2n) is 6.54. The molecular formula is C19H21ClF3N3. The van der Waals surface area contributed by atoms with Crippen molar-refractivity contribution in [2.24, 2.45) is 0 Å². The van der Waals surface area contributed by atoms with Crippen LogP contribution in [0.4, 0.5) is 13.2 Å². The Bertz CT molecular complexity index is 739. The molecule has 1 aliphatic rings. The first-order chi connectivity index (χ1) is 12.4. The summed E-state index contributed by atoms with van der Waals surface area (Å²) in [5.41, 5.74) is 1.46. The molecule has 3 rings (SSSR count). The van der Waals surface area contributed by atoms with E-state index in [1.54, 1.807) is 6.20 Å². The summed E-state index contributed by atoms with van der Waals surface area (Å²) < 4.78 is 39.7. The van der Waals surface area contributed by atoms with Crippen molar-refractivity contribution in [1.82, 2.24) is 15.2 Å². The fourth-order valence-electron chi connectivity index (χ4n) is 3.24. The van der Waals surface area contributed by atoms with Crippen molar-refractivity contribution in [2.75, 3.05) is 26.2 Å². The standard InChI is InChI=1S/C19H21ClF3N3/c1-13-3-6-17(25-12-13)18(26-9-2-7-24-8-10-26)15-11-14(19(21,22)23)4-5-16(15)20/h3-6,11-12,18,24H,2,7-10H2,1H3. The molecule has 3 nitrogen and oxygen atoms in total. The minimum atomic E-state index is -4.41. The maximum atomic E-state index is 13.2. The summed E-state index contributed by atoms with van der Waals surface area (Å²) in [4.78, 5) is 6.64. The number of nitrogens with zero attached hydrogens (tertiary/aromatic N) is 2. The van der Waals surface area contributed by atoms with Crippen LogP contribution < -0.4 is 5.32 Å². The lowest BCUT2D eigenvalue weighted by Crippen LogP contribution is -2.33. The molecule has 0 bridgehead atoms. The Labute approximate surface area is 156 Å². The predicted molar refractivity (Wildman–Crippen MR) is 96.3 cm³/mol. The minimum Gasteiger partial charge on any atom is -0.315 e. The Kier molecular flexibility index (Phi) is 5.85. The van der Waals surface area contributed by atoms with Gasteiger partial charge >= 0.3 is 6.18 Å². The summed E-state index contributed by atoms with van der Waals surface area (Å²) in [5, 5.41) is 3.64. The molecule has 140 valence electrons. The Hall–Kier alpha value is -1.63. The van der Waals surface area contributed by atoms with Crippen LogP contribution in [0, 0.1) is 6.92 Å². The summed E-state index contributed by atoms with van der Waals surface area (Å²) in [6, 6.07) is 6.89. The van der Waals surface area contributed by atoms with Gasteiger partial charge in [-0.2, -0.15) is 13.2 Å². The van der Waals surface area contributed by atoms with Gasteiger partial charge in [0.15, 0.2) is 0 Å². The van der Waals surface area contributed by atoms with Crippen LogP contribution in [-0.4, -0.2) is 36.1 Å². The van der Waals surface area contributed by atoms with Gasteiger partial charge in [-0.15, -0.1) is 0 Å². The highest BCUT2D eigenvalue weighted by atomic mass is 35.5. The van der Waals surface area contributed by atoms with E-state index < -0.39 is 17.8 Å². The second kappa shape index (κ2) is 7.94. The largest absolute Gasteiger partial charge is 0.416 e. The summed E-state index contributed by atoms with van der Waals surface area (Å²) in [5.74, 6) is 0. The van der Waals surface area contributed by atoms with Gasteiger partial charge in [0, 0.05) is 30.9 Å². The van der Waals surface area contributed by atoms with E-state index in [4.69, 9.17) is 11.6 Å². The highest BCUT2D eigenvalue weighted by molar-refractivity contribution is 6.31. The van der Waals surface area contributed by atoms with Gasteiger partial charge in [0.05, 0.1) is 17.3 Å². The Morgan fingerprint density at radius 1 is 1.15 bits per heavy atom. The molecule has 2 aromatic rings. The smallest absolute Gasteiger partial charge is 0.315 e. The fourth-order valence-corrected chi connectivity index (χ4v) is 3.46. The average molecular weight is 384 g/mol. The van der Waals surface area contributed by atoms with Crippen LogP contribution in [0.2, 0.25) is 5.02 Å². The predicted octanol–water partition coefficient (Wildman–Crippen LogP) is 4.45. The SMILES string of the molecule is Cc1ccc(C(c2cc(C(F)(F)F)ccc2Cl)N2CCCNCC2)nc1. The number of nitrogens with one attached hydrogen (secondary N) is 1. The maximum Gasteiger partial charge on any atom is 0.416 e. The zero-order valence-electron chi connectivity index (χ0n) is 14.5. The van der Waals surface area contributed by atoms with Gasteiger partial charge in [-0.05, 0) is 55.3 Å². The third-order valence-corrected chi connectivity index (χ3v) is 4.92. The molecule has 26 heavy (non-hydrogen) atoms. The van der Waals surface area contributed by atoms with E-state index in [0.717, 1.165) is 43.8 Å². The van der Waals surface area contributed by atoms with Crippen molar-refractivity contribution in [3.8, 4) is 0 Å². The van der Waals surface area contributed by atoms with Crippen molar-refractivity contribution in [2.45, 2.75) is 25.6 Å². The molecule has 1 saturated heterocycles. The monoisotopic (exact) mass is 383 g/mol. The molecule has 2 heterocycles. The first-order valence-corrected chi connectivity index (χ1v) is 8.98. The van der Waals surface area contributed by atoms with Crippen LogP contribution in [0.25, 0.3) is 0 Å². The number of alkyl halides is 3. The molecule has 0 spiro atoms. The highest BCUT2D eigenvalue weighted by Gasteiger charge is 2.33. The first-order valence-electron chi connectivity index (χ1n) is 8.60. The zero-order chi connectivity index (χ0) is 18.7. The molecular weight excluding hydrogens is 363 g/mol. The minimum absolute atomic E-state index is 0.322. The Morgan fingerprint density at radius 3 is 2.65 bits per heavy atom. The Morgan fingerprint density at radius 2 is 1.96 bits per heavy atom. The number of halogens is 4. The normalized spacial score (nSPS) is 17.7. The molecule has 1 aliphatic heterocycles. The molecule has 1 atom stereocenters. The van der Waals surface area contributed by atoms with E-state index in [1.165, 1.54) is 6.07 Å². The van der Waals surface area contributed by atoms with Gasteiger partial charge in [-0.3, -0.25) is 9.88 Å². The molecule has 1 aromatic carbocycles. The number of aryl methyl sites for hydroxylation is 1. The van der Waals surface area contributed by atoms with Gasteiger partial charge in [-0.25, -0.2) is 0 Å². The number of hydrogen-bond acceptors (Lipinski definition) is 3. The van der Waals surface area contributed by atoms with E-state index >= 15 is 0 Å². The molecule has 1 fully saturated rings. The van der Waals surface area contributed by atoms with Crippen LogP contribution >= 0.6 is 11.6 Å². The van der Waals surface area contributed by atoms with Gasteiger partial charge in [0.2, 0.25) is 0 Å². The molecule has 0 amide bonds. The van der Waals surface area contributed by atoms with E-state index in [2.05, 4.69) is 15.2 Å². The van der Waals surface area contributed by atoms with Crippen molar-refractivity contribution in [3.05, 3.63) is 63.9 Å². The molecule has 0 saturated carbocycles. The average Bonchev–Trinajstić information content (AvgIpc) is 2.87. The van der Waals surface area contributed by atoms with E-state index in [9.17, 15) is 13.2 Å². The van der Waals surface area contributed by atoms with E-state index in [1.807, 2.05) is 19.1 Å². The van der Waals surface area contributed by atoms with Crippen LogP contribution in [0.15, 0.2) is 36.5 Å². The number of benzene rings is 1. The molecule has 7 heteroatoms. The van der Waals surface area contributed by atoms with E-state index in [-0.39, 0.29) is 0 Å². The maximum absolute atomic E-state index is 13.2. The highest BCUT2D eigenvalue weighted by Crippen LogP contribution is 2.37. The molecule has 1 unspecified atom stereocenters. The van der Waals surface area contributed by atoms with Crippen LogP contribution in [0.3, 0.4) is 0 Å². The third kappa shape index (κ3) is 4.37. The number of pyridine rings is 1. The molecule has 1 aromatic heterocycles. The van der Waals surface area contributed by atoms with E-state index in [0.29, 0.717) is 22.8 Å². The molecule has 0 radical (unpaired) electrons. The van der Waals surface area contributed by atoms with Gasteiger partial charge in [0.1, 0.15) is 0 Å². The first kappa shape index (κ1) is 19.1. The summed E-state index contributed by atoms with van der Waals surface area (Å²) in [6.07, 6.45) is -1.76. The van der Waals surface area contributed by atoms with Gasteiger partial charge < -0.3 is 5.32 Å².